The van der Waals surface area contributed by atoms with Gasteiger partial charge in [0.05, 0.1) is 16.5 Å². The summed E-state index contributed by atoms with van der Waals surface area (Å²) in [5.74, 6) is 0.140. The summed E-state index contributed by atoms with van der Waals surface area (Å²) in [4.78, 5) is 3.97. The minimum absolute atomic E-state index is 0.0956. The fraction of sp³-hybridized carbons (Fsp3) is 0.0769. The zero-order chi connectivity index (χ0) is 14.8. The lowest BCUT2D eigenvalue weighted by Crippen LogP contribution is -2.15. The van der Waals surface area contributed by atoms with E-state index in [0.29, 0.717) is 11.1 Å². The zero-order valence-electron chi connectivity index (χ0n) is 10.5. The molecular formula is C13H10ClN3O2S. The van der Waals surface area contributed by atoms with Crippen molar-refractivity contribution in [2.45, 2.75) is 11.8 Å². The summed E-state index contributed by atoms with van der Waals surface area (Å²) < 4.78 is 26.9. The van der Waals surface area contributed by atoms with Gasteiger partial charge in [-0.2, -0.15) is 5.26 Å². The minimum Gasteiger partial charge on any atom is -0.263 e. The number of hydrogen-bond donors (Lipinski definition) is 1. The molecular weight excluding hydrogens is 298 g/mol. The lowest BCUT2D eigenvalue weighted by Gasteiger charge is -2.10. The molecule has 1 heterocycles. The maximum absolute atomic E-state index is 12.3. The Labute approximate surface area is 121 Å². The lowest BCUT2D eigenvalue weighted by molar-refractivity contribution is 0.600. The van der Waals surface area contributed by atoms with E-state index in [1.807, 2.05) is 6.07 Å². The van der Waals surface area contributed by atoms with Gasteiger partial charge in [-0.15, -0.1) is 0 Å². The summed E-state index contributed by atoms with van der Waals surface area (Å²) >= 11 is 5.71. The number of aromatic nitrogens is 1. The second-order valence-corrected chi connectivity index (χ2v) is 6.08. The monoisotopic (exact) mass is 307 g/mol. The average Bonchev–Trinajstić information content (AvgIpc) is 2.37. The highest BCUT2D eigenvalue weighted by atomic mass is 35.5. The molecule has 1 aromatic heterocycles. The number of rotatable bonds is 3. The molecule has 20 heavy (non-hydrogen) atoms. The van der Waals surface area contributed by atoms with Gasteiger partial charge in [0, 0.05) is 0 Å². The number of nitriles is 1. The molecule has 7 heteroatoms. The van der Waals surface area contributed by atoms with E-state index in [4.69, 9.17) is 16.9 Å². The van der Waals surface area contributed by atoms with Gasteiger partial charge in [0.15, 0.2) is 0 Å². The van der Waals surface area contributed by atoms with E-state index in [1.54, 1.807) is 19.1 Å². The predicted octanol–water partition coefficient (Wildman–Crippen LogP) is 2.72. The molecule has 2 aromatic rings. The standard InChI is InChI=1S/C13H10ClN3O2S/c1-9-7-10(8-15)5-6-11(9)20(18,19)17-13-4-2-3-12(14)16-13/h2-7H,1H3,(H,16,17). The Balaban J connectivity index is 2.39. The van der Waals surface area contributed by atoms with Gasteiger partial charge in [-0.25, -0.2) is 13.4 Å². The van der Waals surface area contributed by atoms with Crippen LogP contribution in [0.25, 0.3) is 0 Å². The molecule has 1 aromatic carbocycles. The summed E-state index contributed by atoms with van der Waals surface area (Å²) in [7, 11) is -3.77. The van der Waals surface area contributed by atoms with Gasteiger partial charge < -0.3 is 0 Å². The normalized spacial score (nSPS) is 10.8. The van der Waals surface area contributed by atoms with E-state index in [0.717, 1.165) is 0 Å². The Hall–Kier alpha value is -2.10. The number of hydrogen-bond acceptors (Lipinski definition) is 4. The molecule has 0 saturated heterocycles. The molecule has 102 valence electrons. The number of nitrogens with one attached hydrogen (secondary N) is 1. The molecule has 0 unspecified atom stereocenters. The van der Waals surface area contributed by atoms with Crippen LogP contribution in [-0.2, 0) is 10.0 Å². The van der Waals surface area contributed by atoms with Crippen molar-refractivity contribution in [1.82, 2.24) is 4.98 Å². The molecule has 5 nitrogen and oxygen atoms in total. The molecule has 0 atom stereocenters. The number of nitrogens with zero attached hydrogens (tertiary/aromatic N) is 2. The smallest absolute Gasteiger partial charge is 0.263 e. The molecule has 1 N–H and O–H groups in total. The van der Waals surface area contributed by atoms with Gasteiger partial charge in [0.25, 0.3) is 10.0 Å². The van der Waals surface area contributed by atoms with E-state index in [-0.39, 0.29) is 15.9 Å². The summed E-state index contributed by atoms with van der Waals surface area (Å²) in [6.07, 6.45) is 0. The molecule has 0 saturated carbocycles. The van der Waals surface area contributed by atoms with Crippen molar-refractivity contribution in [1.29, 1.82) is 5.26 Å². The molecule has 0 radical (unpaired) electrons. The zero-order valence-corrected chi connectivity index (χ0v) is 12.0. The van der Waals surface area contributed by atoms with Gasteiger partial charge >= 0.3 is 0 Å². The second kappa shape index (κ2) is 5.49. The first-order valence-electron chi connectivity index (χ1n) is 5.58. The van der Waals surface area contributed by atoms with Crippen LogP contribution in [0.5, 0.6) is 0 Å². The maximum atomic E-state index is 12.3. The molecule has 0 aliphatic rings. The first-order chi connectivity index (χ1) is 9.42. The summed E-state index contributed by atoms with van der Waals surface area (Å²) in [5.41, 5.74) is 0.890. The van der Waals surface area contributed by atoms with Crippen LogP contribution in [0.2, 0.25) is 5.15 Å². The van der Waals surface area contributed by atoms with Crippen LogP contribution in [0, 0.1) is 18.3 Å². The maximum Gasteiger partial charge on any atom is 0.263 e. The van der Waals surface area contributed by atoms with Gasteiger partial charge in [-0.1, -0.05) is 17.7 Å². The van der Waals surface area contributed by atoms with Crippen LogP contribution in [0.3, 0.4) is 0 Å². The number of benzene rings is 1. The number of aryl methyl sites for hydroxylation is 1. The molecule has 0 aliphatic carbocycles. The second-order valence-electron chi connectivity index (χ2n) is 4.04. The van der Waals surface area contributed by atoms with E-state index in [1.165, 1.54) is 24.3 Å². The third-order valence-corrected chi connectivity index (χ3v) is 4.27. The van der Waals surface area contributed by atoms with E-state index in [9.17, 15) is 8.42 Å². The first kappa shape index (κ1) is 14.3. The topological polar surface area (TPSA) is 82.8 Å². The van der Waals surface area contributed by atoms with Crippen molar-refractivity contribution in [2.24, 2.45) is 0 Å². The van der Waals surface area contributed by atoms with Gasteiger partial charge in [-0.05, 0) is 42.8 Å². The van der Waals surface area contributed by atoms with Crippen LogP contribution in [0.4, 0.5) is 5.82 Å². The fourth-order valence-electron chi connectivity index (χ4n) is 1.68. The van der Waals surface area contributed by atoms with Crippen molar-refractivity contribution in [3.63, 3.8) is 0 Å². The van der Waals surface area contributed by atoms with E-state index < -0.39 is 10.0 Å². The Morgan fingerprint density at radius 1 is 1.30 bits per heavy atom. The van der Waals surface area contributed by atoms with Crippen molar-refractivity contribution in [3.8, 4) is 6.07 Å². The van der Waals surface area contributed by atoms with Crippen LogP contribution in [-0.4, -0.2) is 13.4 Å². The Morgan fingerprint density at radius 3 is 2.65 bits per heavy atom. The highest BCUT2D eigenvalue weighted by molar-refractivity contribution is 7.92. The van der Waals surface area contributed by atoms with Crippen molar-refractivity contribution in [3.05, 3.63) is 52.7 Å². The van der Waals surface area contributed by atoms with Crippen molar-refractivity contribution in [2.75, 3.05) is 4.72 Å². The number of halogens is 1. The number of anilines is 1. The highest BCUT2D eigenvalue weighted by Gasteiger charge is 2.17. The minimum atomic E-state index is -3.77. The van der Waals surface area contributed by atoms with Crippen LogP contribution >= 0.6 is 11.6 Å². The van der Waals surface area contributed by atoms with Crippen molar-refractivity contribution < 1.29 is 8.42 Å². The average molecular weight is 308 g/mol. The number of pyridine rings is 1. The molecule has 0 fully saturated rings. The van der Waals surface area contributed by atoms with E-state index >= 15 is 0 Å². The molecule has 0 aliphatic heterocycles. The van der Waals surface area contributed by atoms with Gasteiger partial charge in [0.2, 0.25) is 0 Å². The Kier molecular flexibility index (Phi) is 3.93. The summed E-state index contributed by atoms with van der Waals surface area (Å²) in [5, 5.41) is 8.98. The largest absolute Gasteiger partial charge is 0.263 e. The Morgan fingerprint density at radius 2 is 2.05 bits per heavy atom. The quantitative estimate of drug-likeness (QED) is 0.884. The lowest BCUT2D eigenvalue weighted by atomic mass is 10.2. The fourth-order valence-corrected chi connectivity index (χ4v) is 3.07. The molecule has 0 bridgehead atoms. The van der Waals surface area contributed by atoms with Crippen LogP contribution in [0.1, 0.15) is 11.1 Å². The van der Waals surface area contributed by atoms with Crippen molar-refractivity contribution >= 4 is 27.4 Å². The third-order valence-electron chi connectivity index (χ3n) is 2.55. The SMILES string of the molecule is Cc1cc(C#N)ccc1S(=O)(=O)Nc1cccc(Cl)n1. The van der Waals surface area contributed by atoms with Gasteiger partial charge in [-0.3, -0.25) is 4.72 Å². The first-order valence-corrected chi connectivity index (χ1v) is 7.44. The summed E-state index contributed by atoms with van der Waals surface area (Å²) in [6.45, 7) is 1.63. The molecule has 2 rings (SSSR count). The molecule has 0 amide bonds. The third kappa shape index (κ3) is 3.07. The predicted molar refractivity (Wildman–Crippen MR) is 75.9 cm³/mol. The summed E-state index contributed by atoms with van der Waals surface area (Å²) in [6, 6.07) is 11.0. The van der Waals surface area contributed by atoms with Gasteiger partial charge in [0.1, 0.15) is 11.0 Å². The highest BCUT2D eigenvalue weighted by Crippen LogP contribution is 2.20. The van der Waals surface area contributed by atoms with E-state index in [2.05, 4.69) is 9.71 Å². The number of sulfonamides is 1. The van der Waals surface area contributed by atoms with Crippen LogP contribution < -0.4 is 4.72 Å². The molecule has 0 spiro atoms. The van der Waals surface area contributed by atoms with Crippen LogP contribution in [0.15, 0.2) is 41.3 Å². The Bertz CT molecular complexity index is 798.